The fraction of sp³-hybridized carbons (Fsp3) is 0.200. The van der Waals surface area contributed by atoms with Crippen LogP contribution in [0.2, 0.25) is 5.02 Å². The van der Waals surface area contributed by atoms with Crippen molar-refractivity contribution in [1.82, 2.24) is 14.9 Å². The second kappa shape index (κ2) is 5.76. The highest BCUT2D eigenvalue weighted by Gasteiger charge is 2.21. The molecule has 1 N–H and O–H groups in total. The lowest BCUT2D eigenvalue weighted by molar-refractivity contribution is -0.384. The van der Waals surface area contributed by atoms with Crippen LogP contribution < -0.4 is 4.72 Å². The zero-order chi connectivity index (χ0) is 15.6. The average Bonchev–Trinajstić information content (AvgIpc) is 2.82. The Hall–Kier alpha value is -2.04. The summed E-state index contributed by atoms with van der Waals surface area (Å²) in [5.74, 6) is 0.450. The number of hydrogen-bond donors (Lipinski definition) is 1. The molecular weight excluding hydrogens is 324 g/mol. The van der Waals surface area contributed by atoms with E-state index in [0.717, 1.165) is 12.1 Å². The van der Waals surface area contributed by atoms with Crippen LogP contribution in [0.25, 0.3) is 0 Å². The largest absolute Gasteiger partial charge is 0.340 e. The molecule has 112 valence electrons. The summed E-state index contributed by atoms with van der Waals surface area (Å²) in [6.45, 7) is 1.36. The van der Waals surface area contributed by atoms with E-state index in [-0.39, 0.29) is 22.3 Å². The van der Waals surface area contributed by atoms with E-state index in [1.165, 1.54) is 6.07 Å². The van der Waals surface area contributed by atoms with E-state index in [1.807, 2.05) is 0 Å². The molecule has 1 heterocycles. The van der Waals surface area contributed by atoms with Gasteiger partial charge in [-0.15, -0.1) is 0 Å². The van der Waals surface area contributed by atoms with Gasteiger partial charge in [-0.25, -0.2) is 13.1 Å². The Morgan fingerprint density at radius 1 is 1.48 bits per heavy atom. The van der Waals surface area contributed by atoms with Crippen LogP contribution in [-0.2, 0) is 16.6 Å². The van der Waals surface area contributed by atoms with E-state index in [2.05, 4.69) is 14.9 Å². The predicted molar refractivity (Wildman–Crippen MR) is 71.2 cm³/mol. The highest BCUT2D eigenvalue weighted by molar-refractivity contribution is 7.89. The fourth-order valence-corrected chi connectivity index (χ4v) is 2.64. The van der Waals surface area contributed by atoms with Crippen LogP contribution in [0.4, 0.5) is 5.69 Å². The minimum Gasteiger partial charge on any atom is -0.340 e. The third-order valence-electron chi connectivity index (χ3n) is 2.41. The van der Waals surface area contributed by atoms with Gasteiger partial charge >= 0.3 is 0 Å². The molecule has 1 aromatic heterocycles. The molecule has 21 heavy (non-hydrogen) atoms. The maximum atomic E-state index is 12.0. The molecule has 0 unspecified atom stereocenters. The van der Waals surface area contributed by atoms with E-state index < -0.39 is 20.6 Å². The minimum absolute atomic E-state index is 0.146. The van der Waals surface area contributed by atoms with Crippen LogP contribution in [-0.4, -0.2) is 23.5 Å². The van der Waals surface area contributed by atoms with Gasteiger partial charge in [0, 0.05) is 13.0 Å². The first kappa shape index (κ1) is 15.4. The monoisotopic (exact) mass is 332 g/mol. The molecule has 2 rings (SSSR count). The molecule has 0 atom stereocenters. The lowest BCUT2D eigenvalue weighted by Gasteiger charge is -2.05. The standard InChI is InChI=1S/C10H9ClN4O5S/c1-6-13-10(14-20-6)5-12-21(18,19)7-2-3-8(11)9(4-7)15(16)17/h2-4,12H,5H2,1H3. The van der Waals surface area contributed by atoms with Gasteiger partial charge in [0.1, 0.15) is 5.02 Å². The molecular formula is C10H9ClN4O5S. The molecule has 0 aliphatic carbocycles. The van der Waals surface area contributed by atoms with Crippen LogP contribution in [0.5, 0.6) is 0 Å². The number of rotatable bonds is 5. The number of halogens is 1. The van der Waals surface area contributed by atoms with Gasteiger partial charge in [0.15, 0.2) is 5.82 Å². The number of sulfonamides is 1. The molecule has 1 aromatic carbocycles. The summed E-state index contributed by atoms with van der Waals surface area (Å²) in [6.07, 6.45) is 0. The van der Waals surface area contributed by atoms with Gasteiger partial charge in [0.2, 0.25) is 15.9 Å². The molecule has 2 aromatic rings. The molecule has 11 heteroatoms. The predicted octanol–water partition coefficient (Wildman–Crippen LogP) is 1.42. The molecule has 0 fully saturated rings. The average molecular weight is 333 g/mol. The van der Waals surface area contributed by atoms with Crippen LogP contribution in [0.1, 0.15) is 11.7 Å². The Balaban J connectivity index is 2.23. The topological polar surface area (TPSA) is 128 Å². The summed E-state index contributed by atoms with van der Waals surface area (Å²) in [6, 6.07) is 3.19. The third kappa shape index (κ3) is 3.54. The maximum absolute atomic E-state index is 12.0. The van der Waals surface area contributed by atoms with E-state index in [0.29, 0.717) is 5.89 Å². The van der Waals surface area contributed by atoms with Crippen LogP contribution in [0.15, 0.2) is 27.6 Å². The Labute approximate surface area is 124 Å². The molecule has 0 aliphatic rings. The van der Waals surface area contributed by atoms with Gasteiger partial charge in [-0.2, -0.15) is 4.98 Å². The smallest absolute Gasteiger partial charge is 0.289 e. The summed E-state index contributed by atoms with van der Waals surface area (Å²) in [5.41, 5.74) is -0.491. The molecule has 9 nitrogen and oxygen atoms in total. The number of nitro benzene ring substituents is 1. The summed E-state index contributed by atoms with van der Waals surface area (Å²) in [4.78, 5) is 13.6. The molecule has 0 radical (unpaired) electrons. The van der Waals surface area contributed by atoms with Crippen LogP contribution in [0.3, 0.4) is 0 Å². The highest BCUT2D eigenvalue weighted by Crippen LogP contribution is 2.26. The van der Waals surface area contributed by atoms with Crippen LogP contribution in [0, 0.1) is 17.0 Å². The SMILES string of the molecule is Cc1nc(CNS(=O)(=O)c2ccc(Cl)c([N+](=O)[O-])c2)no1. The second-order valence-corrected chi connectivity index (χ2v) is 6.10. The molecule has 0 aliphatic heterocycles. The first-order valence-electron chi connectivity index (χ1n) is 5.52. The molecule has 0 amide bonds. The second-order valence-electron chi connectivity index (χ2n) is 3.92. The van der Waals surface area contributed by atoms with Gasteiger partial charge in [0.25, 0.3) is 5.69 Å². The van der Waals surface area contributed by atoms with Gasteiger partial charge in [-0.05, 0) is 12.1 Å². The molecule has 0 bridgehead atoms. The lowest BCUT2D eigenvalue weighted by atomic mass is 10.3. The third-order valence-corrected chi connectivity index (χ3v) is 4.13. The first-order valence-corrected chi connectivity index (χ1v) is 7.38. The normalized spacial score (nSPS) is 11.5. The minimum atomic E-state index is -3.96. The lowest BCUT2D eigenvalue weighted by Crippen LogP contribution is -2.23. The van der Waals surface area contributed by atoms with E-state index in [1.54, 1.807) is 6.92 Å². The number of nitro groups is 1. The van der Waals surface area contributed by atoms with Crippen molar-refractivity contribution in [2.24, 2.45) is 0 Å². The molecule has 0 spiro atoms. The van der Waals surface area contributed by atoms with Crippen LogP contribution >= 0.6 is 11.6 Å². The number of nitrogens with zero attached hydrogens (tertiary/aromatic N) is 3. The van der Waals surface area contributed by atoms with Crippen molar-refractivity contribution in [3.8, 4) is 0 Å². The first-order chi connectivity index (χ1) is 9.79. The van der Waals surface area contributed by atoms with Crippen molar-refractivity contribution in [1.29, 1.82) is 0 Å². The van der Waals surface area contributed by atoms with Gasteiger partial charge < -0.3 is 4.52 Å². The fourth-order valence-electron chi connectivity index (χ4n) is 1.46. The Bertz CT molecular complexity index is 788. The molecule has 0 saturated carbocycles. The van der Waals surface area contributed by atoms with Gasteiger partial charge in [-0.1, -0.05) is 16.8 Å². The quantitative estimate of drug-likeness (QED) is 0.647. The van der Waals surface area contributed by atoms with Crippen molar-refractivity contribution in [3.63, 3.8) is 0 Å². The Morgan fingerprint density at radius 2 is 2.19 bits per heavy atom. The van der Waals surface area contributed by atoms with E-state index in [9.17, 15) is 18.5 Å². The number of nitrogens with one attached hydrogen (secondary N) is 1. The van der Waals surface area contributed by atoms with Crippen molar-refractivity contribution < 1.29 is 17.9 Å². The Morgan fingerprint density at radius 3 is 2.76 bits per heavy atom. The summed E-state index contributed by atoms with van der Waals surface area (Å²) >= 11 is 5.63. The zero-order valence-electron chi connectivity index (χ0n) is 10.6. The van der Waals surface area contributed by atoms with Crippen molar-refractivity contribution >= 4 is 27.3 Å². The maximum Gasteiger partial charge on any atom is 0.289 e. The zero-order valence-corrected chi connectivity index (χ0v) is 12.2. The van der Waals surface area contributed by atoms with Gasteiger partial charge in [-0.3, -0.25) is 10.1 Å². The van der Waals surface area contributed by atoms with E-state index in [4.69, 9.17) is 16.1 Å². The Kier molecular flexibility index (Phi) is 4.21. The molecule has 0 saturated heterocycles. The van der Waals surface area contributed by atoms with Crippen molar-refractivity contribution in [3.05, 3.63) is 45.1 Å². The number of benzene rings is 1. The van der Waals surface area contributed by atoms with Crippen molar-refractivity contribution in [2.45, 2.75) is 18.4 Å². The van der Waals surface area contributed by atoms with E-state index >= 15 is 0 Å². The summed E-state index contributed by atoms with van der Waals surface area (Å²) in [5, 5.41) is 14.1. The van der Waals surface area contributed by atoms with Crippen molar-refractivity contribution in [2.75, 3.05) is 0 Å². The number of aromatic nitrogens is 2. The highest BCUT2D eigenvalue weighted by atomic mass is 35.5. The number of aryl methyl sites for hydroxylation is 1. The number of hydrogen-bond acceptors (Lipinski definition) is 7. The van der Waals surface area contributed by atoms with Gasteiger partial charge in [0.05, 0.1) is 16.4 Å². The summed E-state index contributed by atoms with van der Waals surface area (Å²) < 4.78 is 31.0. The summed E-state index contributed by atoms with van der Waals surface area (Å²) in [7, 11) is -3.96.